The Morgan fingerprint density at radius 2 is 2.41 bits per heavy atom. The number of nitrogens with one attached hydrogen (secondary N) is 1. The van der Waals surface area contributed by atoms with E-state index in [0.717, 1.165) is 12.2 Å². The molecule has 0 atom stereocenters. The van der Waals surface area contributed by atoms with Gasteiger partial charge >= 0.3 is 0 Å². The summed E-state index contributed by atoms with van der Waals surface area (Å²) in [7, 11) is 1.69. The first-order chi connectivity index (χ1) is 8.20. The van der Waals surface area contributed by atoms with Crippen molar-refractivity contribution in [1.82, 2.24) is 20.1 Å². The summed E-state index contributed by atoms with van der Waals surface area (Å²) >= 11 is 0. The van der Waals surface area contributed by atoms with Gasteiger partial charge in [0.15, 0.2) is 0 Å². The molecule has 0 fully saturated rings. The van der Waals surface area contributed by atoms with Gasteiger partial charge in [0.1, 0.15) is 11.6 Å². The van der Waals surface area contributed by atoms with E-state index in [9.17, 15) is 4.79 Å². The maximum Gasteiger partial charge on any atom is 0.293 e. The third-order valence-electron chi connectivity index (χ3n) is 2.38. The molecule has 0 bridgehead atoms. The Labute approximate surface area is 98.6 Å². The maximum absolute atomic E-state index is 11.9. The second-order valence-electron chi connectivity index (χ2n) is 3.70. The average molecular weight is 234 g/mol. The Kier molecular flexibility index (Phi) is 3.22. The second kappa shape index (κ2) is 4.82. The summed E-state index contributed by atoms with van der Waals surface area (Å²) < 4.78 is 5.17. The highest BCUT2D eigenvalue weighted by Crippen LogP contribution is 2.06. The van der Waals surface area contributed by atoms with E-state index in [1.165, 1.54) is 4.90 Å². The molecule has 2 aromatic heterocycles. The fourth-order valence-electron chi connectivity index (χ4n) is 1.43. The van der Waals surface area contributed by atoms with Gasteiger partial charge in [-0.15, -0.1) is 5.10 Å². The molecule has 0 aliphatic carbocycles. The summed E-state index contributed by atoms with van der Waals surface area (Å²) in [4.78, 5) is 17.5. The lowest BCUT2D eigenvalue weighted by Gasteiger charge is -2.12. The molecule has 0 aromatic carbocycles. The maximum atomic E-state index is 11.9. The first-order valence-corrected chi connectivity index (χ1v) is 5.39. The first kappa shape index (κ1) is 11.4. The molecule has 0 radical (unpaired) electrons. The third-order valence-corrected chi connectivity index (χ3v) is 2.38. The molecule has 0 saturated carbocycles. The topological polar surface area (TPSA) is 75.0 Å². The number of aromatic nitrogens is 3. The van der Waals surface area contributed by atoms with Crippen molar-refractivity contribution in [3.8, 4) is 0 Å². The number of hydrogen-bond donors (Lipinski definition) is 1. The van der Waals surface area contributed by atoms with Gasteiger partial charge in [0.25, 0.3) is 5.91 Å². The molecule has 90 valence electrons. The lowest BCUT2D eigenvalue weighted by molar-refractivity contribution is 0.0763. The Bertz CT molecular complexity index is 489. The molecule has 0 aliphatic heterocycles. The number of nitrogens with zero attached hydrogens (tertiary/aromatic N) is 3. The number of carbonyl (C=O) groups excluding carboxylic acids is 1. The van der Waals surface area contributed by atoms with Gasteiger partial charge in [-0.25, -0.2) is 4.98 Å². The van der Waals surface area contributed by atoms with Crippen LogP contribution < -0.4 is 0 Å². The molecule has 2 heterocycles. The first-order valence-electron chi connectivity index (χ1n) is 5.39. The number of rotatable bonds is 4. The second-order valence-corrected chi connectivity index (χ2v) is 3.70. The Hall–Kier alpha value is -2.11. The minimum atomic E-state index is -0.225. The van der Waals surface area contributed by atoms with Gasteiger partial charge in [-0.3, -0.25) is 9.89 Å². The molecule has 1 amide bonds. The molecule has 0 unspecified atom stereocenters. The number of furan rings is 1. The van der Waals surface area contributed by atoms with Crippen molar-refractivity contribution in [1.29, 1.82) is 0 Å². The van der Waals surface area contributed by atoms with Crippen LogP contribution in [0.25, 0.3) is 0 Å². The van der Waals surface area contributed by atoms with Crippen LogP contribution in [-0.2, 0) is 13.0 Å². The van der Waals surface area contributed by atoms with Gasteiger partial charge in [-0.1, -0.05) is 6.92 Å². The molecule has 0 saturated heterocycles. The van der Waals surface area contributed by atoms with E-state index in [0.29, 0.717) is 12.4 Å². The van der Waals surface area contributed by atoms with Gasteiger partial charge in [-0.2, -0.15) is 0 Å². The van der Waals surface area contributed by atoms with Gasteiger partial charge < -0.3 is 9.32 Å². The molecule has 2 rings (SSSR count). The highest BCUT2D eigenvalue weighted by Gasteiger charge is 2.17. The monoisotopic (exact) mass is 234 g/mol. The lowest BCUT2D eigenvalue weighted by atomic mass is 10.4. The summed E-state index contributed by atoms with van der Waals surface area (Å²) in [5, 5.41) is 6.60. The minimum Gasteiger partial charge on any atom is -0.467 e. The van der Waals surface area contributed by atoms with Crippen molar-refractivity contribution in [2.75, 3.05) is 7.05 Å². The number of H-pyrrole nitrogens is 1. The van der Waals surface area contributed by atoms with Gasteiger partial charge in [-0.05, 0) is 12.1 Å². The molecule has 1 N–H and O–H groups in total. The highest BCUT2D eigenvalue weighted by atomic mass is 16.3. The van der Waals surface area contributed by atoms with Crippen LogP contribution in [0.15, 0.2) is 22.8 Å². The molecule has 6 nitrogen and oxygen atoms in total. The fourth-order valence-corrected chi connectivity index (χ4v) is 1.43. The van der Waals surface area contributed by atoms with Crippen molar-refractivity contribution in [3.05, 3.63) is 35.8 Å². The zero-order valence-corrected chi connectivity index (χ0v) is 9.80. The van der Waals surface area contributed by atoms with Crippen LogP contribution in [0.3, 0.4) is 0 Å². The zero-order valence-electron chi connectivity index (χ0n) is 9.80. The molecule has 0 aliphatic rings. The van der Waals surface area contributed by atoms with Crippen molar-refractivity contribution >= 4 is 5.91 Å². The van der Waals surface area contributed by atoms with Crippen LogP contribution in [0.2, 0.25) is 0 Å². The third kappa shape index (κ3) is 2.52. The van der Waals surface area contributed by atoms with E-state index in [-0.39, 0.29) is 11.7 Å². The Morgan fingerprint density at radius 3 is 3.00 bits per heavy atom. The summed E-state index contributed by atoms with van der Waals surface area (Å²) in [5.41, 5.74) is 0. The Morgan fingerprint density at radius 1 is 1.59 bits per heavy atom. The molecule has 2 aromatic rings. The van der Waals surface area contributed by atoms with E-state index in [4.69, 9.17) is 4.42 Å². The van der Waals surface area contributed by atoms with E-state index in [1.807, 2.05) is 13.0 Å². The number of carbonyl (C=O) groups is 1. The number of aromatic amines is 1. The van der Waals surface area contributed by atoms with Crippen molar-refractivity contribution in [2.24, 2.45) is 0 Å². The van der Waals surface area contributed by atoms with E-state index in [2.05, 4.69) is 15.2 Å². The molecule has 0 spiro atoms. The summed E-state index contributed by atoms with van der Waals surface area (Å²) in [5.74, 6) is 1.40. The lowest BCUT2D eigenvalue weighted by Crippen LogP contribution is -2.27. The number of hydrogen-bond acceptors (Lipinski definition) is 4. The molecular weight excluding hydrogens is 220 g/mol. The normalized spacial score (nSPS) is 10.5. The van der Waals surface area contributed by atoms with Gasteiger partial charge in [0.2, 0.25) is 5.82 Å². The smallest absolute Gasteiger partial charge is 0.293 e. The zero-order chi connectivity index (χ0) is 12.3. The van der Waals surface area contributed by atoms with Crippen molar-refractivity contribution in [3.63, 3.8) is 0 Å². The number of amides is 1. The van der Waals surface area contributed by atoms with E-state index < -0.39 is 0 Å². The van der Waals surface area contributed by atoms with E-state index in [1.54, 1.807) is 19.4 Å². The van der Waals surface area contributed by atoms with Gasteiger partial charge in [0.05, 0.1) is 12.8 Å². The van der Waals surface area contributed by atoms with Crippen LogP contribution in [0.1, 0.15) is 29.1 Å². The highest BCUT2D eigenvalue weighted by molar-refractivity contribution is 5.90. The predicted molar refractivity (Wildman–Crippen MR) is 60.3 cm³/mol. The fraction of sp³-hybridized carbons (Fsp3) is 0.364. The van der Waals surface area contributed by atoms with Crippen LogP contribution in [0.4, 0.5) is 0 Å². The van der Waals surface area contributed by atoms with E-state index >= 15 is 0 Å². The average Bonchev–Trinajstić information content (AvgIpc) is 2.98. The van der Waals surface area contributed by atoms with Crippen LogP contribution >= 0.6 is 0 Å². The van der Waals surface area contributed by atoms with Crippen molar-refractivity contribution < 1.29 is 9.21 Å². The van der Waals surface area contributed by atoms with Crippen LogP contribution in [-0.4, -0.2) is 33.0 Å². The summed E-state index contributed by atoms with van der Waals surface area (Å²) in [6, 6.07) is 3.61. The van der Waals surface area contributed by atoms with Crippen molar-refractivity contribution in [2.45, 2.75) is 19.9 Å². The standard InChI is InChI=1S/C11H14N4O2/c1-3-9-12-10(14-13-9)11(16)15(2)7-8-5-4-6-17-8/h4-6H,3,7H2,1-2H3,(H,12,13,14). The number of aryl methyl sites for hydroxylation is 1. The van der Waals surface area contributed by atoms with Crippen LogP contribution in [0, 0.1) is 0 Å². The SMILES string of the molecule is CCc1nc(C(=O)N(C)Cc2ccco2)n[nH]1. The summed E-state index contributed by atoms with van der Waals surface area (Å²) in [6.45, 7) is 2.35. The Balaban J connectivity index is 2.04. The van der Waals surface area contributed by atoms with Crippen LogP contribution in [0.5, 0.6) is 0 Å². The predicted octanol–water partition coefficient (Wildman–Crippen LogP) is 1.23. The molecular formula is C11H14N4O2. The van der Waals surface area contributed by atoms with Gasteiger partial charge in [0, 0.05) is 13.5 Å². The minimum absolute atomic E-state index is 0.191. The summed E-state index contributed by atoms with van der Waals surface area (Å²) in [6.07, 6.45) is 2.30. The largest absolute Gasteiger partial charge is 0.467 e. The molecule has 6 heteroatoms. The quantitative estimate of drug-likeness (QED) is 0.863. The molecule has 17 heavy (non-hydrogen) atoms.